The normalized spacial score (nSPS) is 13.4. The number of rotatable bonds is 3. The molecule has 0 spiro atoms. The Balaban J connectivity index is 2.00. The molecule has 0 radical (unpaired) electrons. The average Bonchev–Trinajstić information content (AvgIpc) is 2.95. The van der Waals surface area contributed by atoms with Crippen LogP contribution in [0.15, 0.2) is 4.79 Å². The van der Waals surface area contributed by atoms with Gasteiger partial charge in [-0.2, -0.15) is 0 Å². The summed E-state index contributed by atoms with van der Waals surface area (Å²) in [7, 11) is 0. The number of hydrogen-bond acceptors (Lipinski definition) is 5. The molecular formula is C12H12N4O3S. The second kappa shape index (κ2) is 4.71. The number of H-pyrrole nitrogens is 1. The Kier molecular flexibility index (Phi) is 3.01. The summed E-state index contributed by atoms with van der Waals surface area (Å²) in [5, 5.41) is 2.89. The van der Waals surface area contributed by atoms with E-state index >= 15 is 0 Å². The van der Waals surface area contributed by atoms with E-state index in [2.05, 4.69) is 15.3 Å². The maximum absolute atomic E-state index is 12.1. The first-order valence-electron chi connectivity index (χ1n) is 6.17. The van der Waals surface area contributed by atoms with Gasteiger partial charge in [0.15, 0.2) is 0 Å². The predicted molar refractivity (Wildman–Crippen MR) is 73.8 cm³/mol. The van der Waals surface area contributed by atoms with Crippen LogP contribution < -0.4 is 16.6 Å². The van der Waals surface area contributed by atoms with Gasteiger partial charge in [-0.25, -0.2) is 4.98 Å². The van der Waals surface area contributed by atoms with Crippen molar-refractivity contribution in [2.45, 2.75) is 19.3 Å². The van der Waals surface area contributed by atoms with Crippen LogP contribution >= 0.6 is 11.3 Å². The van der Waals surface area contributed by atoms with E-state index in [9.17, 15) is 14.4 Å². The number of aromatic nitrogens is 2. The number of aromatic amines is 1. The number of primary amides is 1. The van der Waals surface area contributed by atoms with Gasteiger partial charge in [-0.15, -0.1) is 11.3 Å². The fourth-order valence-corrected chi connectivity index (χ4v) is 3.62. The van der Waals surface area contributed by atoms with Crippen molar-refractivity contribution in [1.82, 2.24) is 15.3 Å². The number of fused-ring (bicyclic) bond motifs is 3. The molecule has 0 bridgehead atoms. The molecule has 20 heavy (non-hydrogen) atoms. The Labute approximate surface area is 117 Å². The van der Waals surface area contributed by atoms with Crippen molar-refractivity contribution >= 4 is 33.4 Å². The van der Waals surface area contributed by atoms with Gasteiger partial charge in [-0.05, 0) is 24.8 Å². The SMILES string of the molecule is NC(=O)CNC(=O)c1nc2sc3c(c2c(=O)[nH]1)CCC3. The molecule has 0 unspecified atom stereocenters. The maximum Gasteiger partial charge on any atom is 0.287 e. The summed E-state index contributed by atoms with van der Waals surface area (Å²) in [6.45, 7) is -0.290. The Morgan fingerprint density at radius 3 is 2.95 bits per heavy atom. The number of amides is 2. The van der Waals surface area contributed by atoms with Gasteiger partial charge >= 0.3 is 0 Å². The zero-order chi connectivity index (χ0) is 14.3. The van der Waals surface area contributed by atoms with Crippen molar-refractivity contribution in [3.05, 3.63) is 26.6 Å². The van der Waals surface area contributed by atoms with Gasteiger partial charge in [0.25, 0.3) is 11.5 Å². The van der Waals surface area contributed by atoms with E-state index in [4.69, 9.17) is 5.73 Å². The third-order valence-corrected chi connectivity index (χ3v) is 4.40. The lowest BCUT2D eigenvalue weighted by Gasteiger charge is -2.02. The Bertz CT molecular complexity index is 777. The molecule has 2 amide bonds. The minimum absolute atomic E-state index is 0.0938. The summed E-state index contributed by atoms with van der Waals surface area (Å²) in [5.41, 5.74) is 5.70. The zero-order valence-electron chi connectivity index (χ0n) is 10.5. The summed E-state index contributed by atoms with van der Waals surface area (Å²) in [4.78, 5) is 42.9. The molecule has 2 aromatic rings. The highest BCUT2D eigenvalue weighted by atomic mass is 32.1. The second-order valence-corrected chi connectivity index (χ2v) is 5.68. The minimum atomic E-state index is -0.656. The molecule has 1 aliphatic rings. The van der Waals surface area contributed by atoms with Crippen LogP contribution in [0.2, 0.25) is 0 Å². The highest BCUT2D eigenvalue weighted by molar-refractivity contribution is 7.18. The van der Waals surface area contributed by atoms with E-state index < -0.39 is 11.8 Å². The average molecular weight is 292 g/mol. The summed E-state index contributed by atoms with van der Waals surface area (Å²) < 4.78 is 0. The Morgan fingerprint density at radius 2 is 2.20 bits per heavy atom. The molecule has 3 rings (SSSR count). The van der Waals surface area contributed by atoms with Crippen LogP contribution in [-0.4, -0.2) is 28.3 Å². The molecule has 104 valence electrons. The minimum Gasteiger partial charge on any atom is -0.368 e. The van der Waals surface area contributed by atoms with Gasteiger partial charge in [-0.1, -0.05) is 0 Å². The van der Waals surface area contributed by atoms with Crippen molar-refractivity contribution in [1.29, 1.82) is 0 Å². The van der Waals surface area contributed by atoms with Crippen LogP contribution in [0.25, 0.3) is 10.2 Å². The first kappa shape index (κ1) is 12.8. The first-order chi connectivity index (χ1) is 9.56. The lowest BCUT2D eigenvalue weighted by atomic mass is 10.2. The van der Waals surface area contributed by atoms with Gasteiger partial charge < -0.3 is 16.0 Å². The smallest absolute Gasteiger partial charge is 0.287 e. The summed E-state index contributed by atoms with van der Waals surface area (Å²) in [6, 6.07) is 0. The fourth-order valence-electron chi connectivity index (χ4n) is 2.36. The number of nitrogens with zero attached hydrogens (tertiary/aromatic N) is 1. The second-order valence-electron chi connectivity index (χ2n) is 4.60. The number of nitrogens with one attached hydrogen (secondary N) is 2. The molecule has 4 N–H and O–H groups in total. The van der Waals surface area contributed by atoms with Crippen LogP contribution in [0.3, 0.4) is 0 Å². The maximum atomic E-state index is 12.1. The summed E-state index contributed by atoms with van der Waals surface area (Å²) in [6.07, 6.45) is 2.89. The molecule has 8 heteroatoms. The van der Waals surface area contributed by atoms with E-state index in [1.165, 1.54) is 16.2 Å². The molecule has 0 aliphatic heterocycles. The van der Waals surface area contributed by atoms with Crippen molar-refractivity contribution in [3.8, 4) is 0 Å². The van der Waals surface area contributed by atoms with Crippen LogP contribution in [0.4, 0.5) is 0 Å². The molecular weight excluding hydrogens is 280 g/mol. The Hall–Kier alpha value is -2.22. The van der Waals surface area contributed by atoms with Gasteiger partial charge in [0.05, 0.1) is 11.9 Å². The molecule has 0 atom stereocenters. The molecule has 0 saturated carbocycles. The number of carbonyl (C=O) groups excluding carboxylic acids is 2. The van der Waals surface area contributed by atoms with Crippen molar-refractivity contribution in [2.24, 2.45) is 5.73 Å². The molecule has 2 heterocycles. The van der Waals surface area contributed by atoms with E-state index in [1.54, 1.807) is 0 Å². The Morgan fingerprint density at radius 1 is 1.40 bits per heavy atom. The largest absolute Gasteiger partial charge is 0.368 e. The fraction of sp³-hybridized carbons (Fsp3) is 0.333. The van der Waals surface area contributed by atoms with Crippen LogP contribution in [0, 0.1) is 0 Å². The van der Waals surface area contributed by atoms with Crippen molar-refractivity contribution in [3.63, 3.8) is 0 Å². The third kappa shape index (κ3) is 2.07. The molecule has 0 aromatic carbocycles. The molecule has 2 aromatic heterocycles. The van der Waals surface area contributed by atoms with Crippen LogP contribution in [0.1, 0.15) is 27.5 Å². The number of thiophene rings is 1. The van der Waals surface area contributed by atoms with Gasteiger partial charge in [0.2, 0.25) is 11.7 Å². The standard InChI is InChI=1S/C12H12N4O3S/c13-7(17)4-14-11(19)9-15-10(18)8-5-2-1-3-6(5)20-12(8)16-9/h1-4H2,(H2,13,17)(H,14,19)(H,15,16,18). The highest BCUT2D eigenvalue weighted by Crippen LogP contribution is 2.34. The third-order valence-electron chi connectivity index (χ3n) is 3.21. The summed E-state index contributed by atoms with van der Waals surface area (Å²) in [5.74, 6) is -1.36. The van der Waals surface area contributed by atoms with Gasteiger partial charge in [0, 0.05) is 4.88 Å². The topological polar surface area (TPSA) is 118 Å². The lowest BCUT2D eigenvalue weighted by Crippen LogP contribution is -2.35. The summed E-state index contributed by atoms with van der Waals surface area (Å²) >= 11 is 1.45. The predicted octanol–water partition coefficient (Wildman–Crippen LogP) is -0.312. The van der Waals surface area contributed by atoms with E-state index in [0.29, 0.717) is 10.2 Å². The number of nitrogens with two attached hydrogens (primary N) is 1. The van der Waals surface area contributed by atoms with Gasteiger partial charge in [-0.3, -0.25) is 14.4 Å². The van der Waals surface area contributed by atoms with Crippen LogP contribution in [0.5, 0.6) is 0 Å². The number of aryl methyl sites for hydroxylation is 2. The first-order valence-corrected chi connectivity index (χ1v) is 6.99. The quantitative estimate of drug-likeness (QED) is 0.719. The number of hydrogen-bond donors (Lipinski definition) is 3. The van der Waals surface area contributed by atoms with E-state index in [1.807, 2.05) is 0 Å². The van der Waals surface area contributed by atoms with Gasteiger partial charge in [0.1, 0.15) is 4.83 Å². The highest BCUT2D eigenvalue weighted by Gasteiger charge is 2.22. The molecule has 7 nitrogen and oxygen atoms in total. The number of carbonyl (C=O) groups is 2. The molecule has 1 aliphatic carbocycles. The van der Waals surface area contributed by atoms with E-state index in [-0.39, 0.29) is 17.9 Å². The lowest BCUT2D eigenvalue weighted by molar-refractivity contribution is -0.117. The monoisotopic (exact) mass is 292 g/mol. The van der Waals surface area contributed by atoms with Crippen molar-refractivity contribution in [2.75, 3.05) is 6.54 Å². The van der Waals surface area contributed by atoms with Crippen molar-refractivity contribution < 1.29 is 9.59 Å². The molecule has 0 saturated heterocycles. The zero-order valence-corrected chi connectivity index (χ0v) is 11.3. The van der Waals surface area contributed by atoms with Crippen LogP contribution in [-0.2, 0) is 17.6 Å². The molecule has 0 fully saturated rings. The van der Waals surface area contributed by atoms with E-state index in [0.717, 1.165) is 24.8 Å².